The van der Waals surface area contributed by atoms with Crippen molar-refractivity contribution in [3.8, 4) is 0 Å². The van der Waals surface area contributed by atoms with Crippen LogP contribution < -0.4 is 10.2 Å². The molecule has 1 unspecified atom stereocenters. The van der Waals surface area contributed by atoms with Crippen LogP contribution in [0.3, 0.4) is 0 Å². The van der Waals surface area contributed by atoms with Gasteiger partial charge in [-0.2, -0.15) is 0 Å². The van der Waals surface area contributed by atoms with E-state index in [0.29, 0.717) is 6.04 Å². The van der Waals surface area contributed by atoms with Crippen LogP contribution in [0.4, 0.5) is 5.95 Å². The smallest absolute Gasteiger partial charge is 0.225 e. The lowest BCUT2D eigenvalue weighted by Gasteiger charge is -2.35. The molecule has 1 aromatic rings. The van der Waals surface area contributed by atoms with Crippen molar-refractivity contribution in [2.45, 2.75) is 73.5 Å². The Labute approximate surface area is 130 Å². The minimum Gasteiger partial charge on any atom is -0.341 e. The molecule has 0 fully saturated rings. The van der Waals surface area contributed by atoms with Gasteiger partial charge < -0.3 is 10.2 Å². The van der Waals surface area contributed by atoms with Crippen LogP contribution in [0.1, 0.15) is 59.7 Å². The van der Waals surface area contributed by atoms with E-state index in [1.165, 1.54) is 0 Å². The van der Waals surface area contributed by atoms with E-state index in [1.807, 2.05) is 6.20 Å². The second-order valence-corrected chi connectivity index (χ2v) is 8.04. The first kappa shape index (κ1) is 17.9. The molecule has 21 heavy (non-hydrogen) atoms. The molecule has 0 amide bonds. The number of anilines is 1. The van der Waals surface area contributed by atoms with Gasteiger partial charge >= 0.3 is 0 Å². The van der Waals surface area contributed by atoms with E-state index in [-0.39, 0.29) is 11.0 Å². The third kappa shape index (κ3) is 5.27. The monoisotopic (exact) mass is 292 g/mol. The molecule has 0 saturated heterocycles. The molecule has 1 rings (SSSR count). The van der Waals surface area contributed by atoms with Gasteiger partial charge in [0.15, 0.2) is 0 Å². The Bertz CT molecular complexity index is 469. The van der Waals surface area contributed by atoms with Crippen molar-refractivity contribution in [1.29, 1.82) is 0 Å². The number of nitrogens with zero attached hydrogens (tertiary/aromatic N) is 3. The number of aryl methyl sites for hydroxylation is 1. The summed E-state index contributed by atoms with van der Waals surface area (Å²) in [6.45, 7) is 18.3. The minimum atomic E-state index is 0.0999. The van der Waals surface area contributed by atoms with Gasteiger partial charge in [-0.05, 0) is 40.0 Å². The summed E-state index contributed by atoms with van der Waals surface area (Å²) in [5.41, 5.74) is 2.50. The summed E-state index contributed by atoms with van der Waals surface area (Å²) < 4.78 is 0. The van der Waals surface area contributed by atoms with Crippen molar-refractivity contribution in [2.75, 3.05) is 11.9 Å². The Kier molecular flexibility index (Phi) is 5.37. The van der Waals surface area contributed by atoms with Crippen molar-refractivity contribution in [2.24, 2.45) is 5.41 Å². The molecule has 0 aliphatic heterocycles. The average molecular weight is 292 g/mol. The number of nitrogens with one attached hydrogen (secondary N) is 1. The van der Waals surface area contributed by atoms with Crippen LogP contribution in [-0.4, -0.2) is 28.6 Å². The minimum absolute atomic E-state index is 0.0999. The van der Waals surface area contributed by atoms with E-state index in [4.69, 9.17) is 0 Å². The van der Waals surface area contributed by atoms with Gasteiger partial charge in [0, 0.05) is 42.6 Å². The first-order valence-corrected chi connectivity index (χ1v) is 7.72. The lowest BCUT2D eigenvalue weighted by Crippen LogP contribution is -2.40. The summed E-state index contributed by atoms with van der Waals surface area (Å²) in [6.07, 6.45) is 1.95. The summed E-state index contributed by atoms with van der Waals surface area (Å²) in [4.78, 5) is 11.4. The number of rotatable bonds is 4. The normalized spacial score (nSPS) is 14.1. The van der Waals surface area contributed by atoms with Gasteiger partial charge in [0.2, 0.25) is 5.95 Å². The van der Waals surface area contributed by atoms with Crippen LogP contribution in [0.15, 0.2) is 6.20 Å². The largest absolute Gasteiger partial charge is 0.341 e. The molecule has 1 atom stereocenters. The number of hydrogen-bond donors (Lipinski definition) is 1. The topological polar surface area (TPSA) is 41.1 Å². The summed E-state index contributed by atoms with van der Waals surface area (Å²) in [6, 6.07) is 0.371. The van der Waals surface area contributed by atoms with Crippen molar-refractivity contribution < 1.29 is 0 Å². The Balaban J connectivity index is 2.87. The fraction of sp³-hybridized carbons (Fsp3) is 0.765. The molecule has 0 bridgehead atoms. The second kappa shape index (κ2) is 6.30. The van der Waals surface area contributed by atoms with E-state index in [2.05, 4.69) is 82.6 Å². The zero-order valence-corrected chi connectivity index (χ0v) is 15.2. The van der Waals surface area contributed by atoms with Crippen molar-refractivity contribution >= 4 is 5.95 Å². The van der Waals surface area contributed by atoms with E-state index in [9.17, 15) is 0 Å². The maximum Gasteiger partial charge on any atom is 0.225 e. The molecule has 1 N–H and O–H groups in total. The zero-order valence-electron chi connectivity index (χ0n) is 15.2. The molecule has 1 heterocycles. The zero-order chi connectivity index (χ0) is 16.4. The third-order valence-corrected chi connectivity index (χ3v) is 4.03. The van der Waals surface area contributed by atoms with Crippen molar-refractivity contribution in [1.82, 2.24) is 15.3 Å². The van der Waals surface area contributed by atoms with Crippen LogP contribution in [-0.2, 0) is 6.54 Å². The van der Waals surface area contributed by atoms with Gasteiger partial charge in [0.1, 0.15) is 0 Å². The highest BCUT2D eigenvalue weighted by molar-refractivity contribution is 5.33. The summed E-state index contributed by atoms with van der Waals surface area (Å²) in [7, 11) is 2.07. The lowest BCUT2D eigenvalue weighted by atomic mass is 9.87. The van der Waals surface area contributed by atoms with E-state index in [1.54, 1.807) is 0 Å². The molecule has 0 aliphatic rings. The van der Waals surface area contributed by atoms with Crippen molar-refractivity contribution in [3.63, 3.8) is 0 Å². The average Bonchev–Trinajstić information content (AvgIpc) is 2.33. The van der Waals surface area contributed by atoms with Crippen LogP contribution in [0.25, 0.3) is 0 Å². The van der Waals surface area contributed by atoms with Gasteiger partial charge in [-0.15, -0.1) is 0 Å². The molecule has 0 aliphatic carbocycles. The maximum atomic E-state index is 4.68. The molecule has 4 heteroatoms. The molecule has 1 aromatic heterocycles. The Morgan fingerprint density at radius 2 is 1.76 bits per heavy atom. The first-order valence-electron chi connectivity index (χ1n) is 7.72. The standard InChI is InChI=1S/C17H32N4/c1-12-14(11-19-17(6,7)8)10-18-15(20-12)21(9)13(2)16(3,4)5/h10,13,19H,11H2,1-9H3. The van der Waals surface area contributed by atoms with Crippen LogP contribution >= 0.6 is 0 Å². The number of aromatic nitrogens is 2. The number of hydrogen-bond acceptors (Lipinski definition) is 4. The Morgan fingerprint density at radius 3 is 2.19 bits per heavy atom. The molecule has 4 nitrogen and oxygen atoms in total. The van der Waals surface area contributed by atoms with Gasteiger partial charge in [-0.25, -0.2) is 9.97 Å². The first-order chi connectivity index (χ1) is 9.42. The summed E-state index contributed by atoms with van der Waals surface area (Å²) >= 11 is 0. The fourth-order valence-electron chi connectivity index (χ4n) is 1.94. The highest BCUT2D eigenvalue weighted by atomic mass is 15.3. The van der Waals surface area contributed by atoms with E-state index >= 15 is 0 Å². The van der Waals surface area contributed by atoms with Gasteiger partial charge in [0.25, 0.3) is 0 Å². The predicted octanol–water partition coefficient (Wildman–Crippen LogP) is 3.54. The SMILES string of the molecule is Cc1nc(N(C)C(C)C(C)(C)C)ncc1CNC(C)(C)C. The molecule has 0 saturated carbocycles. The lowest BCUT2D eigenvalue weighted by molar-refractivity contribution is 0.327. The van der Waals surface area contributed by atoms with Gasteiger partial charge in [-0.1, -0.05) is 20.8 Å². The van der Waals surface area contributed by atoms with Crippen molar-refractivity contribution in [3.05, 3.63) is 17.5 Å². The van der Waals surface area contributed by atoms with E-state index in [0.717, 1.165) is 23.8 Å². The quantitative estimate of drug-likeness (QED) is 0.921. The van der Waals surface area contributed by atoms with E-state index < -0.39 is 0 Å². The molecule has 120 valence electrons. The van der Waals surface area contributed by atoms with Crippen LogP contribution in [0.5, 0.6) is 0 Å². The molecule has 0 aromatic carbocycles. The summed E-state index contributed by atoms with van der Waals surface area (Å²) in [5.74, 6) is 0.800. The predicted molar refractivity (Wildman–Crippen MR) is 90.7 cm³/mol. The maximum absolute atomic E-state index is 4.68. The van der Waals surface area contributed by atoms with Crippen LogP contribution in [0, 0.1) is 12.3 Å². The highest BCUT2D eigenvalue weighted by Gasteiger charge is 2.25. The van der Waals surface area contributed by atoms with Gasteiger partial charge in [0.05, 0.1) is 0 Å². The fourth-order valence-corrected chi connectivity index (χ4v) is 1.94. The molecular weight excluding hydrogens is 260 g/mol. The summed E-state index contributed by atoms with van der Waals surface area (Å²) in [5, 5.41) is 3.48. The Morgan fingerprint density at radius 1 is 1.19 bits per heavy atom. The highest BCUT2D eigenvalue weighted by Crippen LogP contribution is 2.25. The third-order valence-electron chi connectivity index (χ3n) is 4.03. The molecule has 0 radical (unpaired) electrons. The van der Waals surface area contributed by atoms with Gasteiger partial charge in [-0.3, -0.25) is 0 Å². The Hall–Kier alpha value is -1.16. The molecule has 0 spiro atoms. The molecular formula is C17H32N4. The second-order valence-electron chi connectivity index (χ2n) is 8.04. The van der Waals surface area contributed by atoms with Crippen LogP contribution in [0.2, 0.25) is 0 Å².